The monoisotopic (exact) mass is 289 g/mol. The second-order valence-corrected chi connectivity index (χ2v) is 4.32. The third-order valence-electron chi connectivity index (χ3n) is 2.72. The fourth-order valence-electron chi connectivity index (χ4n) is 1.74. The molecule has 0 aliphatic rings. The average molecular weight is 289 g/mol. The summed E-state index contributed by atoms with van der Waals surface area (Å²) in [7, 11) is 1.51. The maximum atomic E-state index is 12.9. The van der Waals surface area contributed by atoms with Gasteiger partial charge in [0.2, 0.25) is 0 Å². The lowest BCUT2D eigenvalue weighted by molar-refractivity contribution is -0.139. The van der Waals surface area contributed by atoms with Crippen LogP contribution >= 0.6 is 12.2 Å². The molecule has 2 rings (SSSR count). The molecule has 0 fully saturated rings. The van der Waals surface area contributed by atoms with Crippen molar-refractivity contribution in [2.45, 2.75) is 12.3 Å². The Morgan fingerprint density at radius 2 is 2.00 bits per heavy atom. The summed E-state index contributed by atoms with van der Waals surface area (Å²) in [5.74, 6) is 0.0294. The molecule has 8 heteroatoms. The van der Waals surface area contributed by atoms with Crippen molar-refractivity contribution in [3.8, 4) is 0 Å². The quantitative estimate of drug-likeness (QED) is 0.836. The Bertz CT molecular complexity index is 647. The minimum absolute atomic E-state index is 0.0294. The van der Waals surface area contributed by atoms with E-state index in [0.717, 1.165) is 6.07 Å². The molecule has 0 saturated carbocycles. The highest BCUT2D eigenvalue weighted by Crippen LogP contribution is 2.35. The standard InChI is InChI=1S/C11H10F3N3OS/c1-17-9(15-16-10(17)19)8(18)6-4-2-3-5-7(6)11(12,13)14/h2-5,8,18H,1H3,(H,16,19). The van der Waals surface area contributed by atoms with Gasteiger partial charge in [-0.1, -0.05) is 18.2 Å². The van der Waals surface area contributed by atoms with Crippen molar-refractivity contribution in [1.82, 2.24) is 14.8 Å². The van der Waals surface area contributed by atoms with E-state index in [4.69, 9.17) is 12.2 Å². The number of benzene rings is 1. The van der Waals surface area contributed by atoms with Crippen molar-refractivity contribution in [3.63, 3.8) is 0 Å². The highest BCUT2D eigenvalue weighted by molar-refractivity contribution is 7.71. The lowest BCUT2D eigenvalue weighted by atomic mass is 10.0. The smallest absolute Gasteiger partial charge is 0.380 e. The van der Waals surface area contributed by atoms with Gasteiger partial charge in [0.15, 0.2) is 10.6 Å². The number of hydrogen-bond donors (Lipinski definition) is 2. The van der Waals surface area contributed by atoms with Crippen molar-refractivity contribution in [2.75, 3.05) is 0 Å². The third-order valence-corrected chi connectivity index (χ3v) is 3.08. The fourth-order valence-corrected chi connectivity index (χ4v) is 1.88. The van der Waals surface area contributed by atoms with E-state index in [0.29, 0.717) is 0 Å². The molecule has 0 aliphatic carbocycles. The number of aromatic amines is 1. The third kappa shape index (κ3) is 2.54. The van der Waals surface area contributed by atoms with Crippen LogP contribution in [0.15, 0.2) is 24.3 Å². The molecule has 19 heavy (non-hydrogen) atoms. The van der Waals surface area contributed by atoms with Gasteiger partial charge in [-0.05, 0) is 18.3 Å². The molecule has 4 nitrogen and oxygen atoms in total. The van der Waals surface area contributed by atoms with Crippen LogP contribution in [0.4, 0.5) is 13.2 Å². The van der Waals surface area contributed by atoms with Gasteiger partial charge >= 0.3 is 6.18 Å². The van der Waals surface area contributed by atoms with E-state index in [2.05, 4.69) is 10.2 Å². The van der Waals surface area contributed by atoms with Crippen molar-refractivity contribution >= 4 is 12.2 Å². The summed E-state index contributed by atoms with van der Waals surface area (Å²) in [5.41, 5.74) is -1.15. The van der Waals surface area contributed by atoms with Crippen LogP contribution in [0.25, 0.3) is 0 Å². The SMILES string of the molecule is Cn1c(C(O)c2ccccc2C(F)(F)F)n[nH]c1=S. The molecule has 2 aromatic rings. The van der Waals surface area contributed by atoms with Crippen LogP contribution in [0.2, 0.25) is 0 Å². The predicted molar refractivity (Wildman–Crippen MR) is 63.9 cm³/mol. The number of nitrogens with zero attached hydrogens (tertiary/aromatic N) is 2. The van der Waals surface area contributed by atoms with Crippen LogP contribution < -0.4 is 0 Å². The molecule has 2 N–H and O–H groups in total. The zero-order valence-corrected chi connectivity index (χ0v) is 10.6. The summed E-state index contributed by atoms with van der Waals surface area (Å²) in [6.07, 6.45) is -6.04. The van der Waals surface area contributed by atoms with E-state index in [1.54, 1.807) is 0 Å². The Hall–Kier alpha value is -1.67. The number of nitrogens with one attached hydrogen (secondary N) is 1. The zero-order chi connectivity index (χ0) is 14.2. The van der Waals surface area contributed by atoms with Gasteiger partial charge in [0.05, 0.1) is 5.56 Å². The maximum Gasteiger partial charge on any atom is 0.416 e. The Morgan fingerprint density at radius 1 is 1.37 bits per heavy atom. The first-order valence-corrected chi connectivity index (χ1v) is 5.68. The Kier molecular flexibility index (Phi) is 3.46. The van der Waals surface area contributed by atoms with Gasteiger partial charge < -0.3 is 9.67 Å². The molecular weight excluding hydrogens is 279 g/mol. The lowest BCUT2D eigenvalue weighted by Gasteiger charge is -2.16. The van der Waals surface area contributed by atoms with Crippen molar-refractivity contribution < 1.29 is 18.3 Å². The number of rotatable bonds is 2. The van der Waals surface area contributed by atoms with E-state index in [1.165, 1.54) is 29.8 Å². The van der Waals surface area contributed by atoms with E-state index in [1.807, 2.05) is 0 Å². The van der Waals surface area contributed by atoms with Crippen LogP contribution in [-0.2, 0) is 13.2 Å². The highest BCUT2D eigenvalue weighted by Gasteiger charge is 2.35. The number of H-pyrrole nitrogens is 1. The molecule has 1 atom stereocenters. The van der Waals surface area contributed by atoms with E-state index < -0.39 is 17.8 Å². The summed E-state index contributed by atoms with van der Waals surface area (Å²) in [5, 5.41) is 16.2. The molecule has 0 spiro atoms. The van der Waals surface area contributed by atoms with Gasteiger partial charge in [-0.2, -0.15) is 18.3 Å². The summed E-state index contributed by atoms with van der Waals surface area (Å²) < 4.78 is 40.1. The largest absolute Gasteiger partial charge is 0.416 e. The number of aliphatic hydroxyl groups excluding tert-OH is 1. The lowest BCUT2D eigenvalue weighted by Crippen LogP contribution is -2.15. The number of halogens is 3. The molecule has 0 amide bonds. The summed E-state index contributed by atoms with van der Waals surface area (Å²) >= 11 is 4.86. The summed E-state index contributed by atoms with van der Waals surface area (Å²) in [6, 6.07) is 4.82. The van der Waals surface area contributed by atoms with E-state index >= 15 is 0 Å². The van der Waals surface area contributed by atoms with Gasteiger partial charge in [0, 0.05) is 12.6 Å². The molecular formula is C11H10F3N3OS. The molecule has 1 heterocycles. The Balaban J connectivity index is 2.54. The summed E-state index contributed by atoms with van der Waals surface area (Å²) in [6.45, 7) is 0. The van der Waals surface area contributed by atoms with Crippen LogP contribution in [0.1, 0.15) is 23.1 Å². The van der Waals surface area contributed by atoms with Crippen LogP contribution in [0, 0.1) is 4.77 Å². The van der Waals surface area contributed by atoms with Crippen molar-refractivity contribution in [1.29, 1.82) is 0 Å². The minimum atomic E-state index is -4.54. The predicted octanol–water partition coefficient (Wildman–Crippen LogP) is 2.58. The second kappa shape index (κ2) is 4.78. The van der Waals surface area contributed by atoms with Crippen LogP contribution in [0.5, 0.6) is 0 Å². The van der Waals surface area contributed by atoms with Gasteiger partial charge in [-0.3, -0.25) is 5.10 Å². The van der Waals surface area contributed by atoms with Crippen molar-refractivity contribution in [2.24, 2.45) is 7.05 Å². The van der Waals surface area contributed by atoms with Gasteiger partial charge in [0.25, 0.3) is 0 Å². The molecule has 1 aromatic carbocycles. The Morgan fingerprint density at radius 3 is 2.53 bits per heavy atom. The summed E-state index contributed by atoms with van der Waals surface area (Å²) in [4.78, 5) is 0. The maximum absolute atomic E-state index is 12.9. The van der Waals surface area contributed by atoms with E-state index in [9.17, 15) is 18.3 Å². The van der Waals surface area contributed by atoms with Gasteiger partial charge in [-0.25, -0.2) is 0 Å². The zero-order valence-electron chi connectivity index (χ0n) is 9.77. The number of hydrogen-bond acceptors (Lipinski definition) is 3. The molecule has 0 aliphatic heterocycles. The molecule has 0 bridgehead atoms. The number of aliphatic hydroxyl groups is 1. The van der Waals surface area contributed by atoms with E-state index in [-0.39, 0.29) is 16.2 Å². The highest BCUT2D eigenvalue weighted by atomic mass is 32.1. The minimum Gasteiger partial charge on any atom is -0.380 e. The number of aromatic nitrogens is 3. The molecule has 102 valence electrons. The molecule has 1 aromatic heterocycles. The van der Waals surface area contributed by atoms with Crippen LogP contribution in [-0.4, -0.2) is 19.9 Å². The molecule has 1 unspecified atom stereocenters. The molecule has 0 radical (unpaired) electrons. The second-order valence-electron chi connectivity index (χ2n) is 3.93. The average Bonchev–Trinajstić information content (AvgIpc) is 2.68. The van der Waals surface area contributed by atoms with Gasteiger partial charge in [0.1, 0.15) is 6.10 Å². The first-order chi connectivity index (χ1) is 8.82. The first kappa shape index (κ1) is 13.8. The van der Waals surface area contributed by atoms with Gasteiger partial charge in [-0.15, -0.1) is 0 Å². The number of alkyl halides is 3. The van der Waals surface area contributed by atoms with Crippen molar-refractivity contribution in [3.05, 3.63) is 46.0 Å². The first-order valence-electron chi connectivity index (χ1n) is 5.28. The molecule has 0 saturated heterocycles. The Labute approximate surface area is 111 Å². The fraction of sp³-hybridized carbons (Fsp3) is 0.273. The topological polar surface area (TPSA) is 53.8 Å². The normalized spacial score (nSPS) is 13.5. The van der Waals surface area contributed by atoms with Crippen LogP contribution in [0.3, 0.4) is 0 Å².